The number of carbonyl (C=O) groups excluding carboxylic acids is 4. The number of aryl methyl sites for hydroxylation is 1. The molecule has 3 aromatic rings. The van der Waals surface area contributed by atoms with E-state index in [1.165, 1.54) is 6.92 Å². The van der Waals surface area contributed by atoms with E-state index < -0.39 is 23.4 Å². The van der Waals surface area contributed by atoms with E-state index in [0.717, 1.165) is 22.0 Å². The summed E-state index contributed by atoms with van der Waals surface area (Å²) in [4.78, 5) is 61.8. The van der Waals surface area contributed by atoms with Gasteiger partial charge in [-0.15, -0.1) is 0 Å². The van der Waals surface area contributed by atoms with E-state index in [9.17, 15) is 24.0 Å². The molecule has 0 aliphatic rings. The maximum Gasteiger partial charge on any atom is 0.344 e. The number of fused-ring (bicyclic) bond motifs is 1. The van der Waals surface area contributed by atoms with Gasteiger partial charge in [0, 0.05) is 16.5 Å². The predicted molar refractivity (Wildman–Crippen MR) is 169 cm³/mol. The first-order valence-corrected chi connectivity index (χ1v) is 14.4. The fourth-order valence-electron chi connectivity index (χ4n) is 4.34. The number of Topliss-reactive ketones (excluding diaryl/α,β-unsaturated/α-hetero) is 1. The molecule has 0 unspecified atom stereocenters. The molecule has 2 aromatic carbocycles. The average Bonchev–Trinajstić information content (AvgIpc) is 2.87. The van der Waals surface area contributed by atoms with Gasteiger partial charge in [0.1, 0.15) is 12.0 Å². The van der Waals surface area contributed by atoms with Crippen LogP contribution < -0.4 is 10.9 Å². The highest BCUT2D eigenvalue weighted by Crippen LogP contribution is 2.28. The van der Waals surface area contributed by atoms with Crippen LogP contribution in [0.4, 0.5) is 5.69 Å². The van der Waals surface area contributed by atoms with E-state index in [-0.39, 0.29) is 41.8 Å². The van der Waals surface area contributed by atoms with E-state index in [0.29, 0.717) is 16.8 Å². The van der Waals surface area contributed by atoms with Crippen LogP contribution in [0.15, 0.2) is 41.2 Å². The smallest absolute Gasteiger partial charge is 0.344 e. The summed E-state index contributed by atoms with van der Waals surface area (Å²) in [6, 6.07) is 11.3. The number of pyridine rings is 1. The van der Waals surface area contributed by atoms with E-state index in [2.05, 4.69) is 31.1 Å². The summed E-state index contributed by atoms with van der Waals surface area (Å²) >= 11 is 0. The highest BCUT2D eigenvalue weighted by atomic mass is 16.5. The maximum atomic E-state index is 12.2. The van der Waals surface area contributed by atoms with Crippen LogP contribution in [0.5, 0.6) is 0 Å². The molecule has 0 radical (unpaired) electrons. The number of H-pyrrole nitrogens is 1. The number of hydrogen-bond acceptors (Lipinski definition) is 7. The summed E-state index contributed by atoms with van der Waals surface area (Å²) in [6.45, 7) is 19.6. The lowest BCUT2D eigenvalue weighted by Gasteiger charge is -2.21. The number of carbonyl (C=O) groups is 4. The van der Waals surface area contributed by atoms with Crippen molar-refractivity contribution >= 4 is 40.2 Å². The molecule has 0 atom stereocenters. The third-order valence-corrected chi connectivity index (χ3v) is 6.77. The summed E-state index contributed by atoms with van der Waals surface area (Å²) in [6.07, 6.45) is -0.370. The van der Waals surface area contributed by atoms with Crippen LogP contribution in [-0.2, 0) is 29.9 Å². The summed E-state index contributed by atoms with van der Waals surface area (Å²) < 4.78 is 9.70. The number of ether oxygens (including phenoxy) is 2. The summed E-state index contributed by atoms with van der Waals surface area (Å²) in [5.74, 6) is -1.80. The van der Waals surface area contributed by atoms with Crippen LogP contribution in [-0.4, -0.2) is 41.8 Å². The largest absolute Gasteiger partial charge is 0.466 e. The minimum absolute atomic E-state index is 0.00120. The van der Waals surface area contributed by atoms with Crippen LogP contribution in [0.1, 0.15) is 106 Å². The van der Waals surface area contributed by atoms with Gasteiger partial charge in [-0.3, -0.25) is 19.2 Å². The first-order chi connectivity index (χ1) is 19.9. The Morgan fingerprint density at radius 2 is 1.40 bits per heavy atom. The Kier molecular flexibility index (Phi) is 11.6. The quantitative estimate of drug-likeness (QED) is 0.185. The third-order valence-electron chi connectivity index (χ3n) is 6.77. The number of aromatic amines is 1. The van der Waals surface area contributed by atoms with Gasteiger partial charge in [0.2, 0.25) is 5.91 Å². The number of benzene rings is 2. The summed E-state index contributed by atoms with van der Waals surface area (Å²) in [7, 11) is 0. The fourth-order valence-corrected chi connectivity index (χ4v) is 4.34. The molecule has 43 heavy (non-hydrogen) atoms. The van der Waals surface area contributed by atoms with Crippen molar-refractivity contribution in [3.8, 4) is 0 Å². The van der Waals surface area contributed by atoms with Gasteiger partial charge in [-0.2, -0.15) is 0 Å². The second-order valence-corrected chi connectivity index (χ2v) is 12.3. The van der Waals surface area contributed by atoms with E-state index in [1.54, 1.807) is 32.9 Å². The molecule has 3 rings (SSSR count). The highest BCUT2D eigenvalue weighted by molar-refractivity contribution is 6.07. The first kappa shape index (κ1) is 34.9. The first-order valence-electron chi connectivity index (χ1n) is 14.4. The van der Waals surface area contributed by atoms with Crippen molar-refractivity contribution in [1.29, 1.82) is 0 Å². The van der Waals surface area contributed by atoms with Gasteiger partial charge in [-0.1, -0.05) is 59.7 Å². The van der Waals surface area contributed by atoms with Crippen molar-refractivity contribution in [3.63, 3.8) is 0 Å². The second kappa shape index (κ2) is 14.3. The molecular weight excluding hydrogens is 548 g/mol. The van der Waals surface area contributed by atoms with Crippen LogP contribution in [0, 0.1) is 6.92 Å². The molecule has 232 valence electrons. The molecule has 0 saturated carbocycles. The van der Waals surface area contributed by atoms with Gasteiger partial charge in [0.05, 0.1) is 18.9 Å². The number of rotatable bonds is 7. The third kappa shape index (κ3) is 9.36. The molecule has 0 spiro atoms. The zero-order chi connectivity index (χ0) is 32.7. The lowest BCUT2D eigenvalue weighted by Crippen LogP contribution is -2.22. The maximum absolute atomic E-state index is 12.2. The van der Waals surface area contributed by atoms with Gasteiger partial charge >= 0.3 is 11.9 Å². The van der Waals surface area contributed by atoms with Gasteiger partial charge < -0.3 is 19.8 Å². The minimum atomic E-state index is -0.587. The molecule has 1 aromatic heterocycles. The number of aromatic nitrogens is 1. The Morgan fingerprint density at radius 3 is 1.93 bits per heavy atom. The number of esters is 2. The predicted octanol–water partition coefficient (Wildman–Crippen LogP) is 6.39. The van der Waals surface area contributed by atoms with Crippen molar-refractivity contribution in [2.24, 2.45) is 0 Å². The summed E-state index contributed by atoms with van der Waals surface area (Å²) in [5.41, 5.74) is 3.95. The van der Waals surface area contributed by atoms with E-state index in [1.807, 2.05) is 45.0 Å². The topological polar surface area (TPSA) is 132 Å². The van der Waals surface area contributed by atoms with Crippen molar-refractivity contribution in [1.82, 2.24) is 4.98 Å². The molecule has 0 fully saturated rings. The zero-order valence-electron chi connectivity index (χ0n) is 26.9. The molecule has 9 heteroatoms. The Bertz CT molecular complexity index is 1570. The molecule has 2 N–H and O–H groups in total. The number of anilines is 1. The van der Waals surface area contributed by atoms with Crippen LogP contribution in [0.25, 0.3) is 10.9 Å². The number of hydrogen-bond donors (Lipinski definition) is 2. The lowest BCUT2D eigenvalue weighted by atomic mass is 9.86. The van der Waals surface area contributed by atoms with Crippen molar-refractivity contribution in [3.05, 3.63) is 74.6 Å². The van der Waals surface area contributed by atoms with E-state index >= 15 is 0 Å². The fraction of sp³-hybridized carbons (Fsp3) is 0.441. The van der Waals surface area contributed by atoms with Gasteiger partial charge in [-0.05, 0) is 73.4 Å². The lowest BCUT2D eigenvalue weighted by molar-refractivity contribution is -0.145. The van der Waals surface area contributed by atoms with Gasteiger partial charge in [0.25, 0.3) is 5.56 Å². The summed E-state index contributed by atoms with van der Waals surface area (Å²) in [5, 5.41) is 3.50. The normalized spacial score (nSPS) is 11.3. The number of nitrogens with one attached hydrogen (secondary N) is 2. The SMILES string of the molecule is CCOC(=O)CC(=O)Nc1cc(C(C)(C)C)ccc1C(C)=O.CCOC(=O)c1c(C)c2ccc(C(C)(C)C)cc2[nH]c1=O. The van der Waals surface area contributed by atoms with Crippen molar-refractivity contribution < 1.29 is 28.7 Å². The molecule has 1 amide bonds. The van der Waals surface area contributed by atoms with Crippen molar-refractivity contribution in [2.45, 2.75) is 86.5 Å². The molecule has 0 saturated heterocycles. The molecule has 9 nitrogen and oxygen atoms in total. The second-order valence-electron chi connectivity index (χ2n) is 12.3. The van der Waals surface area contributed by atoms with Crippen LogP contribution in [0.2, 0.25) is 0 Å². The van der Waals surface area contributed by atoms with Crippen LogP contribution >= 0.6 is 0 Å². The minimum Gasteiger partial charge on any atom is -0.466 e. The van der Waals surface area contributed by atoms with Crippen molar-refractivity contribution in [2.75, 3.05) is 18.5 Å². The highest BCUT2D eigenvalue weighted by Gasteiger charge is 2.21. The molecule has 0 aliphatic heterocycles. The standard InChI is InChI=1S/C17H23NO4.C17H21NO3/c1-6-22-16(21)10-15(20)18-14-9-12(17(3,4)5)7-8-13(14)11(2)19;1-6-21-16(20)14-10(2)12-8-7-11(17(3,4)5)9-13(12)18-15(14)19/h7-9H,6,10H2,1-5H3,(H,18,20);7-9H,6H2,1-5H3,(H,18,19). The Hall–Kier alpha value is -4.27. The van der Waals surface area contributed by atoms with Gasteiger partial charge in [0.15, 0.2) is 5.78 Å². The Balaban J connectivity index is 0.000000300. The molecular formula is C34H44N2O7. The van der Waals surface area contributed by atoms with Crippen LogP contribution in [0.3, 0.4) is 0 Å². The molecule has 0 bridgehead atoms. The average molecular weight is 593 g/mol. The van der Waals surface area contributed by atoms with Gasteiger partial charge in [-0.25, -0.2) is 4.79 Å². The Labute approximate surface area is 253 Å². The number of amides is 1. The monoisotopic (exact) mass is 592 g/mol. The molecule has 0 aliphatic carbocycles. The zero-order valence-corrected chi connectivity index (χ0v) is 26.9. The molecule has 1 heterocycles. The van der Waals surface area contributed by atoms with E-state index in [4.69, 9.17) is 9.47 Å². The Morgan fingerprint density at radius 1 is 0.837 bits per heavy atom. The number of ketones is 1.